The van der Waals surface area contributed by atoms with Crippen molar-refractivity contribution in [3.8, 4) is 11.1 Å². The van der Waals surface area contributed by atoms with E-state index in [2.05, 4.69) is 48.5 Å². The molecule has 0 amide bonds. The highest BCUT2D eigenvalue weighted by atomic mass is 14.6. The molecule has 0 aromatic heterocycles. The molecule has 5 rings (SSSR count). The Kier molecular flexibility index (Phi) is 1.78. The molecule has 2 aromatic rings. The summed E-state index contributed by atoms with van der Waals surface area (Å²) in [5, 5.41) is 0. The molecule has 19 heavy (non-hydrogen) atoms. The SMILES string of the molecule is c1ccc2c(c1)-c1ccccc1C2(C1CC1)C1CC1. The molecule has 0 saturated heterocycles. The van der Waals surface area contributed by atoms with Crippen molar-refractivity contribution in [2.24, 2.45) is 11.8 Å². The van der Waals surface area contributed by atoms with Crippen molar-refractivity contribution in [1.82, 2.24) is 0 Å². The molecule has 3 aliphatic rings. The Balaban J connectivity index is 1.89. The molecule has 94 valence electrons. The third-order valence-electron chi connectivity index (χ3n) is 5.48. The molecule has 0 bridgehead atoms. The zero-order valence-corrected chi connectivity index (χ0v) is 11.1. The second-order valence-corrected chi connectivity index (χ2v) is 6.51. The van der Waals surface area contributed by atoms with Crippen molar-refractivity contribution in [3.05, 3.63) is 59.7 Å². The Morgan fingerprint density at radius 1 is 0.632 bits per heavy atom. The van der Waals surface area contributed by atoms with E-state index in [0.29, 0.717) is 5.41 Å². The predicted octanol–water partition coefficient (Wildman–Crippen LogP) is 4.77. The highest BCUT2D eigenvalue weighted by Crippen LogP contribution is 2.67. The maximum atomic E-state index is 2.41. The van der Waals surface area contributed by atoms with E-state index in [1.54, 1.807) is 11.1 Å². The summed E-state index contributed by atoms with van der Waals surface area (Å²) < 4.78 is 0. The van der Waals surface area contributed by atoms with Crippen LogP contribution in [0.3, 0.4) is 0 Å². The minimum absolute atomic E-state index is 0.382. The minimum atomic E-state index is 0.382. The van der Waals surface area contributed by atoms with Gasteiger partial charge in [-0.25, -0.2) is 0 Å². The van der Waals surface area contributed by atoms with Crippen molar-refractivity contribution >= 4 is 0 Å². The molecular formula is C19H18. The molecule has 0 atom stereocenters. The summed E-state index contributed by atoms with van der Waals surface area (Å²) in [4.78, 5) is 0. The normalized spacial score (nSPS) is 22.9. The van der Waals surface area contributed by atoms with Gasteiger partial charge in [0.2, 0.25) is 0 Å². The smallest absolute Gasteiger partial charge is 0.0271 e. The molecule has 0 radical (unpaired) electrons. The molecule has 0 heterocycles. The van der Waals surface area contributed by atoms with E-state index in [1.165, 1.54) is 36.8 Å². The average molecular weight is 246 g/mol. The molecule has 0 heteroatoms. The van der Waals surface area contributed by atoms with Crippen LogP contribution in [0, 0.1) is 11.8 Å². The fourth-order valence-electron chi connectivity index (χ4n) is 4.59. The lowest BCUT2D eigenvalue weighted by molar-refractivity contribution is 0.400. The highest BCUT2D eigenvalue weighted by molar-refractivity contribution is 5.82. The van der Waals surface area contributed by atoms with Crippen LogP contribution in [0.25, 0.3) is 11.1 Å². The van der Waals surface area contributed by atoms with E-state index in [1.807, 2.05) is 0 Å². The molecule has 2 aromatic carbocycles. The first-order valence-corrected chi connectivity index (χ1v) is 7.62. The van der Waals surface area contributed by atoms with Gasteiger partial charge in [-0.15, -0.1) is 0 Å². The fraction of sp³-hybridized carbons (Fsp3) is 0.368. The Morgan fingerprint density at radius 3 is 1.47 bits per heavy atom. The lowest BCUT2D eigenvalue weighted by Crippen LogP contribution is -2.30. The number of benzene rings is 2. The van der Waals surface area contributed by atoms with Crippen LogP contribution < -0.4 is 0 Å². The summed E-state index contributed by atoms with van der Waals surface area (Å²) in [7, 11) is 0. The van der Waals surface area contributed by atoms with Gasteiger partial charge < -0.3 is 0 Å². The second kappa shape index (κ2) is 3.30. The molecule has 0 nitrogen and oxygen atoms in total. The van der Waals surface area contributed by atoms with Crippen LogP contribution in [-0.4, -0.2) is 0 Å². The Labute approximate surface area is 114 Å². The van der Waals surface area contributed by atoms with Crippen molar-refractivity contribution < 1.29 is 0 Å². The molecule has 3 aliphatic carbocycles. The van der Waals surface area contributed by atoms with Crippen LogP contribution in [0.4, 0.5) is 0 Å². The van der Waals surface area contributed by atoms with Crippen molar-refractivity contribution in [1.29, 1.82) is 0 Å². The first-order valence-electron chi connectivity index (χ1n) is 7.62. The molecule has 0 N–H and O–H groups in total. The van der Waals surface area contributed by atoms with Gasteiger partial charge in [-0.2, -0.15) is 0 Å². The molecule has 2 saturated carbocycles. The van der Waals surface area contributed by atoms with E-state index in [4.69, 9.17) is 0 Å². The van der Waals surface area contributed by atoms with E-state index >= 15 is 0 Å². The van der Waals surface area contributed by atoms with Crippen molar-refractivity contribution in [2.75, 3.05) is 0 Å². The van der Waals surface area contributed by atoms with Gasteiger partial charge in [0.05, 0.1) is 0 Å². The summed E-state index contributed by atoms with van der Waals surface area (Å²) in [5.41, 5.74) is 6.68. The number of hydrogen-bond acceptors (Lipinski definition) is 0. The first-order chi connectivity index (χ1) is 9.42. The fourth-order valence-corrected chi connectivity index (χ4v) is 4.59. The average Bonchev–Trinajstić information content (AvgIpc) is 3.35. The maximum Gasteiger partial charge on any atom is 0.0271 e. The summed E-state index contributed by atoms with van der Waals surface area (Å²) >= 11 is 0. The largest absolute Gasteiger partial charge is 0.0619 e. The van der Waals surface area contributed by atoms with Crippen molar-refractivity contribution in [2.45, 2.75) is 31.1 Å². The Morgan fingerprint density at radius 2 is 1.05 bits per heavy atom. The van der Waals surface area contributed by atoms with Gasteiger partial charge >= 0.3 is 0 Å². The van der Waals surface area contributed by atoms with Gasteiger partial charge in [0.1, 0.15) is 0 Å². The predicted molar refractivity (Wildman–Crippen MR) is 78.1 cm³/mol. The maximum absolute atomic E-state index is 2.41. The number of hydrogen-bond donors (Lipinski definition) is 0. The molecule has 0 aliphatic heterocycles. The molecule has 0 spiro atoms. The summed E-state index contributed by atoms with van der Waals surface area (Å²) in [6.45, 7) is 0. The van der Waals surface area contributed by atoms with Crippen LogP contribution >= 0.6 is 0 Å². The third-order valence-corrected chi connectivity index (χ3v) is 5.48. The summed E-state index contributed by atoms with van der Waals surface area (Å²) in [6, 6.07) is 18.4. The van der Waals surface area contributed by atoms with Gasteiger partial charge in [-0.1, -0.05) is 48.5 Å². The van der Waals surface area contributed by atoms with E-state index in [-0.39, 0.29) is 0 Å². The zero-order valence-electron chi connectivity index (χ0n) is 11.1. The van der Waals surface area contributed by atoms with Crippen LogP contribution in [-0.2, 0) is 5.41 Å². The monoisotopic (exact) mass is 246 g/mol. The van der Waals surface area contributed by atoms with Crippen LogP contribution in [0.15, 0.2) is 48.5 Å². The van der Waals surface area contributed by atoms with Crippen LogP contribution in [0.1, 0.15) is 36.8 Å². The van der Waals surface area contributed by atoms with E-state index in [0.717, 1.165) is 11.8 Å². The molecule has 2 fully saturated rings. The lowest BCUT2D eigenvalue weighted by atomic mass is 9.70. The van der Waals surface area contributed by atoms with Crippen LogP contribution in [0.2, 0.25) is 0 Å². The molecular weight excluding hydrogens is 228 g/mol. The summed E-state index contributed by atoms with van der Waals surface area (Å²) in [5.74, 6) is 1.81. The van der Waals surface area contributed by atoms with E-state index < -0.39 is 0 Å². The topological polar surface area (TPSA) is 0 Å². The van der Waals surface area contributed by atoms with Gasteiger partial charge in [-0.3, -0.25) is 0 Å². The lowest BCUT2D eigenvalue weighted by Gasteiger charge is -2.32. The summed E-state index contributed by atoms with van der Waals surface area (Å²) in [6.07, 6.45) is 5.72. The standard InChI is InChI=1S/C19H18/c1-3-7-17-15(5-1)16-6-2-4-8-18(16)19(17,13-9-10-13)14-11-12-14/h1-8,13-14H,9-12H2. The Hall–Kier alpha value is -1.56. The quantitative estimate of drug-likeness (QED) is 0.715. The number of fused-ring (bicyclic) bond motifs is 3. The van der Waals surface area contributed by atoms with Crippen molar-refractivity contribution in [3.63, 3.8) is 0 Å². The second-order valence-electron chi connectivity index (χ2n) is 6.51. The Bertz CT molecular complexity index is 600. The van der Waals surface area contributed by atoms with E-state index in [9.17, 15) is 0 Å². The number of rotatable bonds is 2. The minimum Gasteiger partial charge on any atom is -0.0619 e. The van der Waals surface area contributed by atoms with Gasteiger partial charge in [-0.05, 0) is 59.8 Å². The van der Waals surface area contributed by atoms with Gasteiger partial charge in [0.25, 0.3) is 0 Å². The third kappa shape index (κ3) is 1.16. The van der Waals surface area contributed by atoms with Crippen LogP contribution in [0.5, 0.6) is 0 Å². The van der Waals surface area contributed by atoms with Gasteiger partial charge in [0.15, 0.2) is 0 Å². The molecule has 0 unspecified atom stereocenters. The first kappa shape index (κ1) is 10.3. The highest BCUT2D eigenvalue weighted by Gasteiger charge is 2.59. The van der Waals surface area contributed by atoms with Gasteiger partial charge in [0, 0.05) is 5.41 Å². The zero-order chi connectivity index (χ0) is 12.4.